The normalized spacial score (nSPS) is 20.1. The maximum Gasteiger partial charge on any atom is 0.413 e. The van der Waals surface area contributed by atoms with Gasteiger partial charge in [0, 0.05) is 37.6 Å². The molecule has 2 aromatic heterocycles. The molecule has 0 aliphatic carbocycles. The number of carbonyl (C=O) groups excluding carboxylic acids is 3. The Morgan fingerprint density at radius 2 is 1.97 bits per heavy atom. The molecular formula is C23H30ClN5O4S2. The lowest BCUT2D eigenvalue weighted by Crippen LogP contribution is -2.45. The van der Waals surface area contributed by atoms with Crippen molar-refractivity contribution in [1.82, 2.24) is 25.8 Å². The molecule has 4 heterocycles. The summed E-state index contributed by atoms with van der Waals surface area (Å²) in [5.41, 5.74) is 1.24. The molecule has 0 spiro atoms. The SMILES string of the molecule is CCNC(=O)NCC1CC(NC(=O)Oc2ccc(Cl)s2)CN1C(=O)c1cc2c(s1)CCN(C)CC2. The van der Waals surface area contributed by atoms with Crippen LogP contribution >= 0.6 is 34.3 Å². The van der Waals surface area contributed by atoms with Crippen molar-refractivity contribution in [2.24, 2.45) is 0 Å². The van der Waals surface area contributed by atoms with E-state index >= 15 is 0 Å². The van der Waals surface area contributed by atoms with Gasteiger partial charge >= 0.3 is 12.1 Å². The quantitative estimate of drug-likeness (QED) is 0.523. The van der Waals surface area contributed by atoms with Gasteiger partial charge < -0.3 is 30.5 Å². The first-order valence-electron chi connectivity index (χ1n) is 11.7. The Hall–Kier alpha value is -2.34. The number of thiophene rings is 2. The molecule has 0 aromatic carbocycles. The molecule has 0 radical (unpaired) electrons. The number of ether oxygens (including phenoxy) is 1. The fraction of sp³-hybridized carbons (Fsp3) is 0.522. The van der Waals surface area contributed by atoms with Crippen LogP contribution in [-0.2, 0) is 12.8 Å². The molecule has 2 aliphatic heterocycles. The standard InChI is InChI=1S/C23H30ClN5O4S2/c1-3-25-22(31)26-12-16-11-15(27-23(32)33-20-5-4-19(24)35-20)13-29(16)21(30)18-10-14-6-8-28(2)9-7-17(14)34-18/h4-5,10,15-16H,3,6-9,11-13H2,1-2H3,(H,27,32)(H2,25,26,31). The molecule has 9 nitrogen and oxygen atoms in total. The van der Waals surface area contributed by atoms with Gasteiger partial charge in [-0.1, -0.05) is 22.9 Å². The topological polar surface area (TPSA) is 103 Å². The maximum absolute atomic E-state index is 13.6. The van der Waals surface area contributed by atoms with Gasteiger partial charge in [0.05, 0.1) is 21.3 Å². The van der Waals surface area contributed by atoms with Gasteiger partial charge in [-0.2, -0.15) is 0 Å². The average molecular weight is 540 g/mol. The Morgan fingerprint density at radius 1 is 1.17 bits per heavy atom. The molecule has 0 bridgehead atoms. The zero-order chi connectivity index (χ0) is 24.9. The number of rotatable bonds is 6. The number of likely N-dealkylation sites (N-methyl/N-ethyl adjacent to an activating group) is 1. The van der Waals surface area contributed by atoms with Gasteiger partial charge in [-0.25, -0.2) is 9.59 Å². The van der Waals surface area contributed by atoms with Crippen LogP contribution in [0.4, 0.5) is 9.59 Å². The summed E-state index contributed by atoms with van der Waals surface area (Å²) in [6.07, 6.45) is 1.79. The van der Waals surface area contributed by atoms with Crippen LogP contribution < -0.4 is 20.7 Å². The molecule has 1 fully saturated rings. The largest absolute Gasteiger partial charge is 0.413 e. The van der Waals surface area contributed by atoms with E-state index in [1.807, 2.05) is 13.0 Å². The van der Waals surface area contributed by atoms with E-state index in [-0.39, 0.29) is 24.0 Å². The number of hydrogen-bond acceptors (Lipinski definition) is 7. The summed E-state index contributed by atoms with van der Waals surface area (Å²) in [6.45, 7) is 4.94. The van der Waals surface area contributed by atoms with Gasteiger partial charge in [0.15, 0.2) is 5.06 Å². The molecule has 0 saturated carbocycles. The van der Waals surface area contributed by atoms with Gasteiger partial charge in [0.25, 0.3) is 5.91 Å². The van der Waals surface area contributed by atoms with Crippen LogP contribution in [0.5, 0.6) is 5.06 Å². The molecule has 1 saturated heterocycles. The molecule has 2 aromatic rings. The number of amides is 4. The van der Waals surface area contributed by atoms with Gasteiger partial charge in [-0.15, -0.1) is 11.3 Å². The lowest BCUT2D eigenvalue weighted by Gasteiger charge is -2.24. The van der Waals surface area contributed by atoms with Crippen molar-refractivity contribution < 1.29 is 19.1 Å². The number of likely N-dealkylation sites (tertiary alicyclic amines) is 1. The van der Waals surface area contributed by atoms with E-state index in [1.165, 1.54) is 21.8 Å². The van der Waals surface area contributed by atoms with Crippen LogP contribution in [0.2, 0.25) is 4.34 Å². The summed E-state index contributed by atoms with van der Waals surface area (Å²) in [5, 5.41) is 8.80. The Labute approximate surface area is 217 Å². The van der Waals surface area contributed by atoms with Crippen LogP contribution in [-0.4, -0.2) is 79.7 Å². The van der Waals surface area contributed by atoms with E-state index in [0.717, 1.165) is 25.9 Å². The first kappa shape index (κ1) is 25.7. The third-order valence-electron chi connectivity index (χ3n) is 6.17. The second-order valence-electron chi connectivity index (χ2n) is 8.74. The molecule has 4 amide bonds. The van der Waals surface area contributed by atoms with Gasteiger partial charge in [-0.05, 0) is 57.0 Å². The minimum atomic E-state index is -0.592. The van der Waals surface area contributed by atoms with Crippen molar-refractivity contribution >= 4 is 52.3 Å². The minimum absolute atomic E-state index is 0.0677. The summed E-state index contributed by atoms with van der Waals surface area (Å²) < 4.78 is 5.85. The fourth-order valence-corrected chi connectivity index (χ4v) is 6.42. The van der Waals surface area contributed by atoms with E-state index < -0.39 is 6.09 Å². The summed E-state index contributed by atoms with van der Waals surface area (Å²) >= 11 is 8.63. The van der Waals surface area contributed by atoms with Gasteiger partial charge in [-0.3, -0.25) is 4.79 Å². The van der Waals surface area contributed by atoms with Crippen LogP contribution in [0.3, 0.4) is 0 Å². The van der Waals surface area contributed by atoms with Crippen molar-refractivity contribution in [3.05, 3.63) is 37.9 Å². The van der Waals surface area contributed by atoms with E-state index in [9.17, 15) is 14.4 Å². The van der Waals surface area contributed by atoms with Crippen molar-refractivity contribution in [3.8, 4) is 5.06 Å². The second-order valence-corrected chi connectivity index (χ2v) is 11.6. The number of urea groups is 1. The Morgan fingerprint density at radius 3 is 2.71 bits per heavy atom. The number of nitrogens with zero attached hydrogens (tertiary/aromatic N) is 2. The summed E-state index contributed by atoms with van der Waals surface area (Å²) in [7, 11) is 2.12. The first-order chi connectivity index (χ1) is 16.8. The molecular weight excluding hydrogens is 510 g/mol. The third kappa shape index (κ3) is 6.66. The van der Waals surface area contributed by atoms with Gasteiger partial charge in [0.2, 0.25) is 0 Å². The van der Waals surface area contributed by atoms with Crippen molar-refractivity contribution in [2.75, 3.05) is 39.8 Å². The Bertz CT molecular complexity index is 1050. The number of halogens is 1. The Balaban J connectivity index is 1.44. The predicted molar refractivity (Wildman–Crippen MR) is 138 cm³/mol. The van der Waals surface area contributed by atoms with E-state index in [2.05, 4.69) is 27.9 Å². The number of carbonyl (C=O) groups is 3. The van der Waals surface area contributed by atoms with Gasteiger partial charge in [0.1, 0.15) is 0 Å². The van der Waals surface area contributed by atoms with Crippen molar-refractivity contribution in [1.29, 1.82) is 0 Å². The molecule has 35 heavy (non-hydrogen) atoms. The zero-order valence-electron chi connectivity index (χ0n) is 19.8. The summed E-state index contributed by atoms with van der Waals surface area (Å²) in [6, 6.07) is 4.49. The Kier molecular flexibility index (Phi) is 8.53. The smallest absolute Gasteiger partial charge is 0.399 e. The fourth-order valence-electron chi connectivity index (χ4n) is 4.39. The molecule has 12 heteroatoms. The number of nitrogens with one attached hydrogen (secondary N) is 3. The van der Waals surface area contributed by atoms with Crippen LogP contribution in [0.25, 0.3) is 0 Å². The zero-order valence-corrected chi connectivity index (χ0v) is 22.2. The van der Waals surface area contributed by atoms with Crippen LogP contribution in [0.15, 0.2) is 18.2 Å². The summed E-state index contributed by atoms with van der Waals surface area (Å²) in [5.74, 6) is -0.0677. The van der Waals surface area contributed by atoms with E-state index in [4.69, 9.17) is 16.3 Å². The highest BCUT2D eigenvalue weighted by Crippen LogP contribution is 2.30. The molecule has 3 N–H and O–H groups in total. The molecule has 190 valence electrons. The van der Waals surface area contributed by atoms with E-state index in [1.54, 1.807) is 28.4 Å². The molecule has 2 aliphatic rings. The molecule has 2 atom stereocenters. The highest BCUT2D eigenvalue weighted by atomic mass is 35.5. The highest BCUT2D eigenvalue weighted by Gasteiger charge is 2.37. The monoisotopic (exact) mass is 539 g/mol. The second kappa shape index (κ2) is 11.6. The minimum Gasteiger partial charge on any atom is -0.399 e. The third-order valence-corrected chi connectivity index (χ3v) is 8.50. The van der Waals surface area contributed by atoms with Crippen LogP contribution in [0, 0.1) is 0 Å². The number of fused-ring (bicyclic) bond motifs is 1. The van der Waals surface area contributed by atoms with Crippen molar-refractivity contribution in [2.45, 2.75) is 38.3 Å². The lowest BCUT2D eigenvalue weighted by molar-refractivity contribution is 0.0738. The van der Waals surface area contributed by atoms with Crippen LogP contribution in [0.1, 0.15) is 33.5 Å². The molecule has 4 rings (SSSR count). The van der Waals surface area contributed by atoms with E-state index in [0.29, 0.717) is 40.3 Å². The highest BCUT2D eigenvalue weighted by molar-refractivity contribution is 7.17. The summed E-state index contributed by atoms with van der Waals surface area (Å²) in [4.78, 5) is 44.0. The average Bonchev–Trinajstić information content (AvgIpc) is 3.50. The lowest BCUT2D eigenvalue weighted by atomic mass is 10.1. The predicted octanol–water partition coefficient (Wildman–Crippen LogP) is 3.18. The molecule has 2 unspecified atom stereocenters. The first-order valence-corrected chi connectivity index (χ1v) is 13.7. The number of hydrogen-bond donors (Lipinski definition) is 3. The van der Waals surface area contributed by atoms with Crippen molar-refractivity contribution in [3.63, 3.8) is 0 Å². The maximum atomic E-state index is 13.6.